The molecule has 3 aromatic rings. The number of fused-ring (bicyclic) bond motifs is 1. The second-order valence-electron chi connectivity index (χ2n) is 5.99. The van der Waals surface area contributed by atoms with E-state index >= 15 is 0 Å². The maximum Gasteiger partial charge on any atom is 0.251 e. The van der Waals surface area contributed by atoms with Gasteiger partial charge < -0.3 is 14.8 Å². The molecule has 0 atom stereocenters. The Morgan fingerprint density at radius 3 is 2.73 bits per heavy atom. The summed E-state index contributed by atoms with van der Waals surface area (Å²) in [5.41, 5.74) is 2.64. The lowest BCUT2D eigenvalue weighted by molar-refractivity contribution is 0.0953. The summed E-state index contributed by atoms with van der Waals surface area (Å²) in [6.07, 6.45) is 4.51. The average molecular weight is 349 g/mol. The first-order valence-electron chi connectivity index (χ1n) is 8.56. The third-order valence-corrected chi connectivity index (χ3v) is 4.16. The Morgan fingerprint density at radius 2 is 1.88 bits per heavy atom. The molecule has 0 radical (unpaired) electrons. The number of carbonyl (C=O) groups is 1. The van der Waals surface area contributed by atoms with E-state index < -0.39 is 0 Å². The number of aromatic nitrogens is 2. The number of nitrogens with one attached hydrogen (secondary N) is 1. The molecule has 0 unspecified atom stereocenters. The second-order valence-corrected chi connectivity index (χ2v) is 5.99. The van der Waals surface area contributed by atoms with E-state index in [0.29, 0.717) is 43.2 Å². The van der Waals surface area contributed by atoms with Gasteiger partial charge in [0.1, 0.15) is 13.2 Å². The molecule has 6 heteroatoms. The lowest BCUT2D eigenvalue weighted by Crippen LogP contribution is -2.26. The fraction of sp³-hybridized carbons (Fsp3) is 0.200. The minimum Gasteiger partial charge on any atom is -0.486 e. The minimum absolute atomic E-state index is 0.127. The number of hydrogen-bond acceptors (Lipinski definition) is 4. The number of ether oxygens (including phenoxy) is 2. The number of carbonyl (C=O) groups excluding carboxylic acids is 1. The first kappa shape index (κ1) is 16.2. The largest absolute Gasteiger partial charge is 0.486 e. The topological polar surface area (TPSA) is 65.4 Å². The van der Waals surface area contributed by atoms with E-state index in [4.69, 9.17) is 9.47 Å². The standard InChI is InChI=1S/C20H19N3O3/c24-20(16-6-7-18-19(12-16)26-11-10-25-18)21-9-8-15-13-22-23(14-15)17-4-2-1-3-5-17/h1-7,12-14H,8-11H2,(H,21,24). The van der Waals surface area contributed by atoms with Crippen LogP contribution in [0.25, 0.3) is 5.69 Å². The maximum absolute atomic E-state index is 12.3. The predicted molar refractivity (Wildman–Crippen MR) is 97.0 cm³/mol. The quantitative estimate of drug-likeness (QED) is 0.769. The summed E-state index contributed by atoms with van der Waals surface area (Å²) >= 11 is 0. The number of rotatable bonds is 5. The summed E-state index contributed by atoms with van der Waals surface area (Å²) in [6, 6.07) is 15.2. The van der Waals surface area contributed by atoms with Crippen molar-refractivity contribution in [1.82, 2.24) is 15.1 Å². The first-order valence-corrected chi connectivity index (χ1v) is 8.56. The molecule has 0 saturated heterocycles. The van der Waals surface area contributed by atoms with Crippen LogP contribution in [-0.4, -0.2) is 35.4 Å². The van der Waals surface area contributed by atoms with Gasteiger partial charge in [-0.2, -0.15) is 5.10 Å². The molecule has 1 aromatic heterocycles. The summed E-state index contributed by atoms with van der Waals surface area (Å²) in [6.45, 7) is 1.58. The van der Waals surface area contributed by atoms with E-state index in [1.807, 2.05) is 47.4 Å². The summed E-state index contributed by atoms with van der Waals surface area (Å²) < 4.78 is 12.8. The van der Waals surface area contributed by atoms with Crippen molar-refractivity contribution in [3.8, 4) is 17.2 Å². The highest BCUT2D eigenvalue weighted by Crippen LogP contribution is 2.30. The van der Waals surface area contributed by atoms with Crippen LogP contribution in [-0.2, 0) is 6.42 Å². The molecule has 1 amide bonds. The Hall–Kier alpha value is -3.28. The van der Waals surface area contributed by atoms with Gasteiger partial charge in [-0.05, 0) is 42.3 Å². The van der Waals surface area contributed by atoms with Gasteiger partial charge in [0.2, 0.25) is 0 Å². The Labute approximate surface area is 151 Å². The molecular weight excluding hydrogens is 330 g/mol. The summed E-state index contributed by atoms with van der Waals surface area (Å²) in [5.74, 6) is 1.17. The molecule has 4 rings (SSSR count). The Bertz CT molecular complexity index is 906. The third-order valence-electron chi connectivity index (χ3n) is 4.16. The molecule has 0 bridgehead atoms. The molecule has 0 saturated carbocycles. The van der Waals surface area contributed by atoms with Crippen LogP contribution in [0.1, 0.15) is 15.9 Å². The van der Waals surface area contributed by atoms with Crippen molar-refractivity contribution in [1.29, 1.82) is 0 Å². The SMILES string of the molecule is O=C(NCCc1cnn(-c2ccccc2)c1)c1ccc2c(c1)OCCO2. The monoisotopic (exact) mass is 349 g/mol. The van der Waals surface area contributed by atoms with E-state index in [1.165, 1.54) is 0 Å². The zero-order valence-electron chi connectivity index (χ0n) is 14.2. The van der Waals surface area contributed by atoms with Crippen LogP contribution < -0.4 is 14.8 Å². The summed E-state index contributed by atoms with van der Waals surface area (Å²) in [5, 5.41) is 7.30. The van der Waals surface area contributed by atoms with E-state index in [-0.39, 0.29) is 5.91 Å². The van der Waals surface area contributed by atoms with Crippen LogP contribution in [0.2, 0.25) is 0 Å². The maximum atomic E-state index is 12.3. The van der Waals surface area contributed by atoms with E-state index in [2.05, 4.69) is 10.4 Å². The molecule has 1 aliphatic heterocycles. The molecule has 2 aromatic carbocycles. The zero-order chi connectivity index (χ0) is 17.8. The number of nitrogens with zero attached hydrogens (tertiary/aromatic N) is 2. The Kier molecular flexibility index (Phi) is 4.55. The van der Waals surface area contributed by atoms with E-state index in [1.54, 1.807) is 18.2 Å². The van der Waals surface area contributed by atoms with Gasteiger partial charge in [0.05, 0.1) is 11.9 Å². The first-order chi connectivity index (χ1) is 12.8. The van der Waals surface area contributed by atoms with E-state index in [0.717, 1.165) is 11.3 Å². The van der Waals surface area contributed by atoms with Gasteiger partial charge in [0.15, 0.2) is 11.5 Å². The van der Waals surface area contributed by atoms with Gasteiger partial charge in [-0.1, -0.05) is 18.2 Å². The molecule has 1 aliphatic rings. The predicted octanol–water partition coefficient (Wildman–Crippen LogP) is 2.62. The van der Waals surface area contributed by atoms with Crippen molar-refractivity contribution in [2.45, 2.75) is 6.42 Å². The zero-order valence-corrected chi connectivity index (χ0v) is 14.2. The van der Waals surface area contributed by atoms with Gasteiger partial charge in [-0.3, -0.25) is 4.79 Å². The lowest BCUT2D eigenvalue weighted by Gasteiger charge is -2.18. The van der Waals surface area contributed by atoms with Gasteiger partial charge >= 0.3 is 0 Å². The molecule has 2 heterocycles. The van der Waals surface area contributed by atoms with Crippen LogP contribution in [0.4, 0.5) is 0 Å². The van der Waals surface area contributed by atoms with Crippen molar-refractivity contribution in [2.75, 3.05) is 19.8 Å². The van der Waals surface area contributed by atoms with Crippen LogP contribution in [0, 0.1) is 0 Å². The Balaban J connectivity index is 1.33. The number of amides is 1. The summed E-state index contributed by atoms with van der Waals surface area (Å²) in [7, 11) is 0. The van der Waals surface area contributed by atoms with Crippen LogP contribution in [0.15, 0.2) is 60.9 Å². The molecule has 0 spiro atoms. The smallest absolute Gasteiger partial charge is 0.251 e. The molecule has 6 nitrogen and oxygen atoms in total. The highest BCUT2D eigenvalue weighted by Gasteiger charge is 2.14. The minimum atomic E-state index is -0.127. The van der Waals surface area contributed by atoms with Crippen LogP contribution in [0.3, 0.4) is 0 Å². The van der Waals surface area contributed by atoms with Crippen molar-refractivity contribution >= 4 is 5.91 Å². The lowest BCUT2D eigenvalue weighted by atomic mass is 10.1. The molecule has 1 N–H and O–H groups in total. The Morgan fingerprint density at radius 1 is 1.08 bits per heavy atom. The average Bonchev–Trinajstić information content (AvgIpc) is 3.17. The molecule has 0 aliphatic carbocycles. The number of benzene rings is 2. The molecule has 0 fully saturated rings. The molecule has 26 heavy (non-hydrogen) atoms. The third kappa shape index (κ3) is 3.54. The van der Waals surface area contributed by atoms with Crippen molar-refractivity contribution in [3.63, 3.8) is 0 Å². The molecule has 132 valence electrons. The normalized spacial score (nSPS) is 12.6. The van der Waals surface area contributed by atoms with Crippen LogP contribution >= 0.6 is 0 Å². The van der Waals surface area contributed by atoms with Gasteiger partial charge in [-0.25, -0.2) is 4.68 Å². The highest BCUT2D eigenvalue weighted by atomic mass is 16.6. The fourth-order valence-corrected chi connectivity index (χ4v) is 2.82. The van der Waals surface area contributed by atoms with E-state index in [9.17, 15) is 4.79 Å². The fourth-order valence-electron chi connectivity index (χ4n) is 2.82. The van der Waals surface area contributed by atoms with Crippen molar-refractivity contribution < 1.29 is 14.3 Å². The number of hydrogen-bond donors (Lipinski definition) is 1. The highest BCUT2D eigenvalue weighted by molar-refractivity contribution is 5.94. The van der Waals surface area contributed by atoms with Gasteiger partial charge in [0, 0.05) is 18.3 Å². The van der Waals surface area contributed by atoms with Gasteiger partial charge in [-0.15, -0.1) is 0 Å². The molecular formula is C20H19N3O3. The second kappa shape index (κ2) is 7.31. The van der Waals surface area contributed by atoms with Crippen molar-refractivity contribution in [3.05, 3.63) is 72.1 Å². The summed E-state index contributed by atoms with van der Waals surface area (Å²) in [4.78, 5) is 12.3. The van der Waals surface area contributed by atoms with Crippen molar-refractivity contribution in [2.24, 2.45) is 0 Å². The van der Waals surface area contributed by atoms with Gasteiger partial charge in [0.25, 0.3) is 5.91 Å². The number of para-hydroxylation sites is 1. The van der Waals surface area contributed by atoms with Crippen LogP contribution in [0.5, 0.6) is 11.5 Å².